The van der Waals surface area contributed by atoms with E-state index in [9.17, 15) is 9.90 Å². The Kier molecular flexibility index (Phi) is 3.37. The molecule has 2 heterocycles. The first kappa shape index (κ1) is 11.7. The molecule has 1 aromatic heterocycles. The Morgan fingerprint density at radius 2 is 2.50 bits per heavy atom. The highest BCUT2D eigenvalue weighted by Gasteiger charge is 2.48. The van der Waals surface area contributed by atoms with E-state index in [4.69, 9.17) is 4.74 Å². The highest BCUT2D eigenvalue weighted by Crippen LogP contribution is 2.41. The molecule has 0 spiro atoms. The van der Waals surface area contributed by atoms with Crippen molar-refractivity contribution in [1.29, 1.82) is 0 Å². The van der Waals surface area contributed by atoms with Crippen LogP contribution in [0.5, 0.6) is 0 Å². The van der Waals surface area contributed by atoms with Gasteiger partial charge in [-0.05, 0) is 23.3 Å². The molecule has 86 valence electrons. The minimum Gasteiger partial charge on any atom is -0.467 e. The first-order valence-corrected chi connectivity index (χ1v) is 6.67. The first-order chi connectivity index (χ1) is 7.69. The molecular formula is C11H12O3S2. The largest absolute Gasteiger partial charge is 0.467 e. The van der Waals surface area contributed by atoms with Crippen molar-refractivity contribution in [2.24, 2.45) is 0 Å². The van der Waals surface area contributed by atoms with E-state index in [1.54, 1.807) is 6.07 Å². The van der Waals surface area contributed by atoms with Crippen molar-refractivity contribution < 1.29 is 14.6 Å². The Balaban J connectivity index is 2.36. The van der Waals surface area contributed by atoms with Crippen LogP contribution in [0.25, 0.3) is 0 Å². The van der Waals surface area contributed by atoms with Gasteiger partial charge >= 0.3 is 5.97 Å². The lowest BCUT2D eigenvalue weighted by atomic mass is 9.95. The zero-order valence-electron chi connectivity index (χ0n) is 8.75. The molecular weight excluding hydrogens is 244 g/mol. The number of thioether (sulfide) groups is 1. The van der Waals surface area contributed by atoms with Crippen molar-refractivity contribution in [3.63, 3.8) is 0 Å². The molecule has 1 N–H and O–H groups in total. The molecule has 1 aromatic rings. The summed E-state index contributed by atoms with van der Waals surface area (Å²) in [6.07, 6.45) is 2.63. The van der Waals surface area contributed by atoms with Crippen molar-refractivity contribution in [3.05, 3.63) is 33.9 Å². The van der Waals surface area contributed by atoms with E-state index >= 15 is 0 Å². The van der Waals surface area contributed by atoms with Crippen LogP contribution in [-0.2, 0) is 15.1 Å². The number of ether oxygens (including phenoxy) is 1. The third kappa shape index (κ3) is 1.79. The van der Waals surface area contributed by atoms with Gasteiger partial charge in [-0.1, -0.05) is 12.1 Å². The Bertz CT molecular complexity index is 391. The maximum atomic E-state index is 11.8. The van der Waals surface area contributed by atoms with Gasteiger partial charge in [0.25, 0.3) is 0 Å². The topological polar surface area (TPSA) is 46.5 Å². The van der Waals surface area contributed by atoms with E-state index in [2.05, 4.69) is 0 Å². The lowest BCUT2D eigenvalue weighted by Gasteiger charge is -2.29. The normalized spacial score (nSPS) is 23.0. The van der Waals surface area contributed by atoms with Gasteiger partial charge in [0, 0.05) is 4.88 Å². The van der Waals surface area contributed by atoms with Crippen LogP contribution in [0.3, 0.4) is 0 Å². The summed E-state index contributed by atoms with van der Waals surface area (Å²) in [6.45, 7) is 0. The summed E-state index contributed by atoms with van der Waals surface area (Å²) >= 11 is 2.83. The van der Waals surface area contributed by atoms with Crippen LogP contribution in [-0.4, -0.2) is 23.4 Å². The summed E-state index contributed by atoms with van der Waals surface area (Å²) in [5.41, 5.74) is -1.53. The van der Waals surface area contributed by atoms with Crippen molar-refractivity contribution >= 4 is 29.1 Å². The van der Waals surface area contributed by atoms with Gasteiger partial charge in [-0.3, -0.25) is 0 Å². The molecule has 0 aliphatic carbocycles. The molecule has 1 aliphatic rings. The third-order valence-corrected chi connectivity index (χ3v) is 4.75. The zero-order chi connectivity index (χ0) is 11.6. The molecule has 2 atom stereocenters. The minimum absolute atomic E-state index is 0.196. The number of esters is 1. The molecule has 0 bridgehead atoms. The van der Waals surface area contributed by atoms with Crippen LogP contribution in [0.4, 0.5) is 0 Å². The molecule has 0 saturated carbocycles. The lowest BCUT2D eigenvalue weighted by molar-refractivity contribution is -0.163. The number of rotatable bonds is 3. The second-order valence-corrected chi connectivity index (χ2v) is 5.53. The van der Waals surface area contributed by atoms with E-state index in [0.29, 0.717) is 11.3 Å². The smallest absolute Gasteiger partial charge is 0.344 e. The number of allylic oxidation sites excluding steroid dienone is 1. The highest BCUT2D eigenvalue weighted by atomic mass is 32.2. The van der Waals surface area contributed by atoms with E-state index in [0.717, 1.165) is 0 Å². The van der Waals surface area contributed by atoms with E-state index in [1.165, 1.54) is 30.2 Å². The molecule has 2 unspecified atom stereocenters. The average molecular weight is 256 g/mol. The van der Waals surface area contributed by atoms with Gasteiger partial charge < -0.3 is 9.84 Å². The summed E-state index contributed by atoms with van der Waals surface area (Å²) < 4.78 is 4.73. The van der Waals surface area contributed by atoms with Gasteiger partial charge in [0.15, 0.2) is 0 Å². The van der Waals surface area contributed by atoms with Crippen molar-refractivity contribution in [1.82, 2.24) is 0 Å². The number of hydrogen-bond donors (Lipinski definition) is 1. The Morgan fingerprint density at radius 3 is 3.00 bits per heavy atom. The monoisotopic (exact) mass is 256 g/mol. The Morgan fingerprint density at radius 1 is 1.69 bits per heavy atom. The van der Waals surface area contributed by atoms with E-state index in [1.807, 2.05) is 22.9 Å². The quantitative estimate of drug-likeness (QED) is 0.842. The predicted molar refractivity (Wildman–Crippen MR) is 65.4 cm³/mol. The van der Waals surface area contributed by atoms with E-state index < -0.39 is 11.6 Å². The molecule has 1 aliphatic heterocycles. The van der Waals surface area contributed by atoms with Crippen molar-refractivity contribution in [2.75, 3.05) is 7.11 Å². The van der Waals surface area contributed by atoms with Crippen LogP contribution < -0.4 is 0 Å². The Hall–Kier alpha value is -0.780. The molecule has 0 saturated heterocycles. The predicted octanol–water partition coefficient (Wildman–Crippen LogP) is 2.13. The Labute approximate surface area is 102 Å². The molecule has 3 nitrogen and oxygen atoms in total. The van der Waals surface area contributed by atoms with Gasteiger partial charge in [0.1, 0.15) is 0 Å². The maximum absolute atomic E-state index is 11.8. The van der Waals surface area contributed by atoms with Gasteiger partial charge in [-0.25, -0.2) is 4.79 Å². The average Bonchev–Trinajstić information content (AvgIpc) is 2.98. The van der Waals surface area contributed by atoms with Gasteiger partial charge in [0.2, 0.25) is 5.60 Å². The van der Waals surface area contributed by atoms with Crippen LogP contribution in [0.2, 0.25) is 0 Å². The first-order valence-electron chi connectivity index (χ1n) is 4.85. The summed E-state index contributed by atoms with van der Waals surface area (Å²) in [5.74, 6) is -0.587. The van der Waals surface area contributed by atoms with Gasteiger partial charge in [-0.2, -0.15) is 0 Å². The van der Waals surface area contributed by atoms with E-state index in [-0.39, 0.29) is 5.25 Å². The van der Waals surface area contributed by atoms with Gasteiger partial charge in [0.05, 0.1) is 12.4 Å². The summed E-state index contributed by atoms with van der Waals surface area (Å²) in [4.78, 5) is 12.5. The molecule has 0 aromatic carbocycles. The number of carbonyl (C=O) groups excluding carboxylic acids is 1. The molecule has 16 heavy (non-hydrogen) atoms. The highest BCUT2D eigenvalue weighted by molar-refractivity contribution is 8.03. The second kappa shape index (κ2) is 4.61. The van der Waals surface area contributed by atoms with Crippen LogP contribution in [0, 0.1) is 0 Å². The van der Waals surface area contributed by atoms with Crippen LogP contribution >= 0.6 is 23.1 Å². The minimum atomic E-state index is -1.53. The molecule has 0 amide bonds. The van der Waals surface area contributed by atoms with Crippen LogP contribution in [0.15, 0.2) is 29.0 Å². The third-order valence-electron chi connectivity index (χ3n) is 2.55. The van der Waals surface area contributed by atoms with Crippen LogP contribution in [0.1, 0.15) is 11.3 Å². The maximum Gasteiger partial charge on any atom is 0.344 e. The molecule has 0 radical (unpaired) electrons. The zero-order valence-corrected chi connectivity index (χ0v) is 10.4. The number of thiophene rings is 1. The fourth-order valence-electron chi connectivity index (χ4n) is 1.70. The molecule has 0 fully saturated rings. The fourth-order valence-corrected chi connectivity index (χ4v) is 3.69. The van der Waals surface area contributed by atoms with Gasteiger partial charge in [-0.15, -0.1) is 23.1 Å². The number of hydrogen-bond acceptors (Lipinski definition) is 5. The standard InChI is InChI=1S/C11H12O3S2/c1-14-10(12)11(13,8-4-2-6-15-8)9-5-3-7-16-9/h2-4,6-7,9,13H,5H2,1H3. The summed E-state index contributed by atoms with van der Waals surface area (Å²) in [7, 11) is 1.30. The van der Waals surface area contributed by atoms with Crippen molar-refractivity contribution in [3.8, 4) is 0 Å². The van der Waals surface area contributed by atoms with Crippen molar-refractivity contribution in [2.45, 2.75) is 17.3 Å². The molecule has 2 rings (SSSR count). The second-order valence-electron chi connectivity index (χ2n) is 3.47. The number of aliphatic hydroxyl groups is 1. The number of carbonyl (C=O) groups is 1. The SMILES string of the molecule is COC(=O)C(O)(c1cccs1)C1CC=CS1. The molecule has 5 heteroatoms. The number of methoxy groups -OCH3 is 1. The lowest BCUT2D eigenvalue weighted by Crippen LogP contribution is -2.44. The summed E-state index contributed by atoms with van der Waals surface area (Å²) in [5, 5.41) is 14.2. The summed E-state index contributed by atoms with van der Waals surface area (Å²) in [6, 6.07) is 3.58. The fraction of sp³-hybridized carbons (Fsp3) is 0.364.